The van der Waals surface area contributed by atoms with Gasteiger partial charge in [-0.15, -0.1) is 0 Å². The van der Waals surface area contributed by atoms with Gasteiger partial charge in [0.25, 0.3) is 0 Å². The van der Waals surface area contributed by atoms with Gasteiger partial charge in [-0.2, -0.15) is 5.26 Å². The molecule has 0 N–H and O–H groups in total. The topological polar surface area (TPSA) is 36.7 Å². The molecular weight excluding hydrogens is 148 g/mol. The van der Waals surface area contributed by atoms with E-state index in [1.807, 2.05) is 19.2 Å². The molecule has 0 aliphatic rings. The molecule has 12 heavy (non-hydrogen) atoms. The van der Waals surface area contributed by atoms with Crippen molar-refractivity contribution in [3.8, 4) is 6.07 Å². The lowest BCUT2D eigenvalue weighted by Crippen LogP contribution is -1.94. The number of aromatic nitrogens is 1. The van der Waals surface area contributed by atoms with Crippen LogP contribution in [-0.4, -0.2) is 4.98 Å². The van der Waals surface area contributed by atoms with Gasteiger partial charge in [-0.25, -0.2) is 0 Å². The van der Waals surface area contributed by atoms with Crippen LogP contribution in [0, 0.1) is 11.3 Å². The molecule has 62 valence electrons. The van der Waals surface area contributed by atoms with E-state index in [4.69, 9.17) is 5.26 Å². The normalized spacial score (nSPS) is 9.42. The number of nitriles is 1. The van der Waals surface area contributed by atoms with Gasteiger partial charge in [-0.05, 0) is 24.5 Å². The van der Waals surface area contributed by atoms with E-state index in [9.17, 15) is 0 Å². The molecule has 1 aromatic rings. The summed E-state index contributed by atoms with van der Waals surface area (Å²) in [4.78, 5) is 4.22. The largest absolute Gasteiger partial charge is 0.260 e. The van der Waals surface area contributed by atoms with Crippen molar-refractivity contribution in [2.24, 2.45) is 0 Å². The smallest absolute Gasteiger partial charge is 0.101 e. The molecule has 1 heterocycles. The molecule has 2 heteroatoms. The van der Waals surface area contributed by atoms with Gasteiger partial charge in [0, 0.05) is 6.20 Å². The summed E-state index contributed by atoms with van der Waals surface area (Å²) in [5.74, 6) is 0. The van der Waals surface area contributed by atoms with Crippen molar-refractivity contribution in [3.05, 3.63) is 29.1 Å². The summed E-state index contributed by atoms with van der Waals surface area (Å²) >= 11 is 0. The minimum atomic E-state index is 0.719. The molecule has 0 radical (unpaired) electrons. The Kier molecular flexibility index (Phi) is 2.82. The average Bonchev–Trinajstić information content (AvgIpc) is 2.16. The lowest BCUT2D eigenvalue weighted by Gasteiger charge is -2.01. The van der Waals surface area contributed by atoms with Gasteiger partial charge in [0.2, 0.25) is 0 Å². The van der Waals surface area contributed by atoms with E-state index in [-0.39, 0.29) is 0 Å². The maximum atomic E-state index is 8.78. The SMILES string of the molecule is CCc1cnc(CC)c(C#N)c1. The van der Waals surface area contributed by atoms with Gasteiger partial charge in [0.05, 0.1) is 11.3 Å². The first-order valence-corrected chi connectivity index (χ1v) is 4.19. The molecule has 0 unspecified atom stereocenters. The van der Waals surface area contributed by atoms with Gasteiger partial charge in [-0.3, -0.25) is 4.98 Å². The van der Waals surface area contributed by atoms with Gasteiger partial charge < -0.3 is 0 Å². The van der Waals surface area contributed by atoms with Crippen molar-refractivity contribution in [2.75, 3.05) is 0 Å². The van der Waals surface area contributed by atoms with Crippen molar-refractivity contribution < 1.29 is 0 Å². The van der Waals surface area contributed by atoms with Crippen LogP contribution >= 0.6 is 0 Å². The molecule has 0 fully saturated rings. The van der Waals surface area contributed by atoms with Gasteiger partial charge in [-0.1, -0.05) is 13.8 Å². The predicted molar refractivity (Wildman–Crippen MR) is 47.7 cm³/mol. The van der Waals surface area contributed by atoms with E-state index in [1.54, 1.807) is 0 Å². The van der Waals surface area contributed by atoms with Crippen LogP contribution in [0.4, 0.5) is 0 Å². The van der Waals surface area contributed by atoms with Crippen LogP contribution in [0.25, 0.3) is 0 Å². The Morgan fingerprint density at radius 1 is 1.42 bits per heavy atom. The predicted octanol–water partition coefficient (Wildman–Crippen LogP) is 2.08. The van der Waals surface area contributed by atoms with E-state index in [1.165, 1.54) is 0 Å². The standard InChI is InChI=1S/C10H12N2/c1-3-8-5-9(6-11)10(4-2)12-7-8/h5,7H,3-4H2,1-2H3. The number of nitrogens with zero attached hydrogens (tertiary/aromatic N) is 2. The van der Waals surface area contributed by atoms with Crippen molar-refractivity contribution in [1.29, 1.82) is 5.26 Å². The third-order valence-corrected chi connectivity index (χ3v) is 1.89. The second kappa shape index (κ2) is 3.87. The van der Waals surface area contributed by atoms with Crippen LogP contribution < -0.4 is 0 Å². The Hall–Kier alpha value is -1.36. The monoisotopic (exact) mass is 160 g/mol. The first kappa shape index (κ1) is 8.73. The van der Waals surface area contributed by atoms with E-state index in [0.717, 1.165) is 29.7 Å². The lowest BCUT2D eigenvalue weighted by molar-refractivity contribution is 0.994. The molecule has 2 nitrogen and oxygen atoms in total. The van der Waals surface area contributed by atoms with Gasteiger partial charge in [0.15, 0.2) is 0 Å². The Labute approximate surface area is 72.9 Å². The molecule has 0 bridgehead atoms. The van der Waals surface area contributed by atoms with Crippen LogP contribution in [0.2, 0.25) is 0 Å². The highest BCUT2D eigenvalue weighted by Crippen LogP contribution is 2.08. The van der Waals surface area contributed by atoms with E-state index in [2.05, 4.69) is 18.0 Å². The summed E-state index contributed by atoms with van der Waals surface area (Å²) in [7, 11) is 0. The number of rotatable bonds is 2. The van der Waals surface area contributed by atoms with Crippen LogP contribution in [-0.2, 0) is 12.8 Å². The molecule has 0 saturated heterocycles. The average molecular weight is 160 g/mol. The van der Waals surface area contributed by atoms with Crippen molar-refractivity contribution in [1.82, 2.24) is 4.98 Å². The zero-order chi connectivity index (χ0) is 8.97. The summed E-state index contributed by atoms with van der Waals surface area (Å²) < 4.78 is 0. The van der Waals surface area contributed by atoms with Gasteiger partial charge in [0.1, 0.15) is 6.07 Å². The third-order valence-electron chi connectivity index (χ3n) is 1.89. The molecule has 0 atom stereocenters. The summed E-state index contributed by atoms with van der Waals surface area (Å²) in [6, 6.07) is 4.08. The number of hydrogen-bond donors (Lipinski definition) is 0. The minimum Gasteiger partial charge on any atom is -0.260 e. The Morgan fingerprint density at radius 3 is 2.67 bits per heavy atom. The Bertz CT molecular complexity index is 310. The van der Waals surface area contributed by atoms with E-state index < -0.39 is 0 Å². The summed E-state index contributed by atoms with van der Waals surface area (Å²) in [6.45, 7) is 4.07. The second-order valence-electron chi connectivity index (χ2n) is 2.66. The van der Waals surface area contributed by atoms with Crippen molar-refractivity contribution >= 4 is 0 Å². The lowest BCUT2D eigenvalue weighted by atomic mass is 10.1. The van der Waals surface area contributed by atoms with E-state index >= 15 is 0 Å². The van der Waals surface area contributed by atoms with Crippen LogP contribution in [0.5, 0.6) is 0 Å². The molecule has 0 aliphatic carbocycles. The van der Waals surface area contributed by atoms with Crippen LogP contribution in [0.1, 0.15) is 30.7 Å². The summed E-state index contributed by atoms with van der Waals surface area (Å²) in [5.41, 5.74) is 2.75. The number of hydrogen-bond acceptors (Lipinski definition) is 2. The summed E-state index contributed by atoms with van der Waals surface area (Å²) in [6.07, 6.45) is 3.61. The molecular formula is C10H12N2. The van der Waals surface area contributed by atoms with Gasteiger partial charge >= 0.3 is 0 Å². The van der Waals surface area contributed by atoms with Crippen molar-refractivity contribution in [2.45, 2.75) is 26.7 Å². The maximum Gasteiger partial charge on any atom is 0.101 e. The molecule has 0 saturated carbocycles. The highest BCUT2D eigenvalue weighted by Gasteiger charge is 2.01. The molecule has 0 spiro atoms. The minimum absolute atomic E-state index is 0.719. The Balaban J connectivity index is 3.13. The highest BCUT2D eigenvalue weighted by molar-refractivity contribution is 5.35. The fraction of sp³-hybridized carbons (Fsp3) is 0.400. The quantitative estimate of drug-likeness (QED) is 0.664. The zero-order valence-corrected chi connectivity index (χ0v) is 7.46. The van der Waals surface area contributed by atoms with Crippen LogP contribution in [0.15, 0.2) is 12.3 Å². The fourth-order valence-corrected chi connectivity index (χ4v) is 1.11. The summed E-state index contributed by atoms with van der Waals surface area (Å²) in [5, 5.41) is 8.78. The molecule has 0 aliphatic heterocycles. The molecule has 0 aromatic carbocycles. The highest BCUT2D eigenvalue weighted by atomic mass is 14.7. The fourth-order valence-electron chi connectivity index (χ4n) is 1.11. The number of aryl methyl sites for hydroxylation is 2. The molecule has 1 aromatic heterocycles. The maximum absolute atomic E-state index is 8.78. The molecule has 0 amide bonds. The third kappa shape index (κ3) is 1.62. The number of pyridine rings is 1. The van der Waals surface area contributed by atoms with E-state index in [0.29, 0.717) is 0 Å². The van der Waals surface area contributed by atoms with Crippen LogP contribution in [0.3, 0.4) is 0 Å². The molecule has 1 rings (SSSR count). The first-order chi connectivity index (χ1) is 5.81. The first-order valence-electron chi connectivity index (χ1n) is 4.19. The second-order valence-corrected chi connectivity index (χ2v) is 2.66. The zero-order valence-electron chi connectivity index (χ0n) is 7.46. The Morgan fingerprint density at radius 2 is 2.17 bits per heavy atom. The van der Waals surface area contributed by atoms with Crippen molar-refractivity contribution in [3.63, 3.8) is 0 Å².